The van der Waals surface area contributed by atoms with Crippen LogP contribution in [0.1, 0.15) is 25.2 Å². The molecule has 0 spiro atoms. The number of carboxylic acids is 1. The first-order valence-corrected chi connectivity index (χ1v) is 9.51. The summed E-state index contributed by atoms with van der Waals surface area (Å²) in [5, 5.41) is 10.3. The predicted molar refractivity (Wildman–Crippen MR) is 109 cm³/mol. The Morgan fingerprint density at radius 2 is 1.67 bits per heavy atom. The van der Waals surface area contributed by atoms with Crippen LogP contribution in [0.4, 0.5) is 0 Å². The van der Waals surface area contributed by atoms with E-state index in [1.807, 2.05) is 42.5 Å². The van der Waals surface area contributed by atoms with Gasteiger partial charge in [0.1, 0.15) is 0 Å². The Morgan fingerprint density at radius 1 is 1.04 bits per heavy atom. The lowest BCUT2D eigenvalue weighted by atomic mass is 9.86. The number of aromatic nitrogens is 1. The van der Waals surface area contributed by atoms with Gasteiger partial charge < -0.3 is 9.67 Å². The van der Waals surface area contributed by atoms with Crippen molar-refractivity contribution in [1.82, 2.24) is 4.57 Å². The summed E-state index contributed by atoms with van der Waals surface area (Å²) in [5.74, 6) is -0.806. The van der Waals surface area contributed by atoms with Gasteiger partial charge in [-0.25, -0.2) is 0 Å². The molecule has 1 N–H and O–H groups in total. The van der Waals surface area contributed by atoms with E-state index < -0.39 is 5.97 Å². The lowest BCUT2D eigenvalue weighted by molar-refractivity contribution is -0.136. The van der Waals surface area contributed by atoms with E-state index in [1.54, 1.807) is 0 Å². The van der Waals surface area contributed by atoms with Crippen molar-refractivity contribution in [1.29, 1.82) is 0 Å². The molecule has 0 saturated heterocycles. The summed E-state index contributed by atoms with van der Waals surface area (Å²) in [7, 11) is 0. The zero-order valence-corrected chi connectivity index (χ0v) is 16.3. The van der Waals surface area contributed by atoms with E-state index >= 15 is 0 Å². The van der Waals surface area contributed by atoms with Crippen molar-refractivity contribution < 1.29 is 9.90 Å². The SMILES string of the molecule is CC1(C)Cc2c(-c3ccc(Cl)cc3)c(-c3ccccc3)c(CC(=O)O)n2C1. The van der Waals surface area contributed by atoms with E-state index in [-0.39, 0.29) is 11.8 Å². The lowest BCUT2D eigenvalue weighted by Crippen LogP contribution is -2.15. The van der Waals surface area contributed by atoms with Gasteiger partial charge in [-0.3, -0.25) is 4.79 Å². The number of fused-ring (bicyclic) bond motifs is 1. The molecule has 4 rings (SSSR count). The van der Waals surface area contributed by atoms with Crippen LogP contribution in [0.2, 0.25) is 5.02 Å². The molecular weight excluding hydrogens is 358 g/mol. The third kappa shape index (κ3) is 3.28. The first-order chi connectivity index (χ1) is 12.9. The molecule has 0 amide bonds. The maximum absolute atomic E-state index is 11.7. The number of carboxylic acid groups (broad SMARTS) is 1. The molecule has 0 unspecified atom stereocenters. The van der Waals surface area contributed by atoms with Gasteiger partial charge in [0, 0.05) is 34.1 Å². The third-order valence-electron chi connectivity index (χ3n) is 5.22. The average Bonchev–Trinajstić information content (AvgIpc) is 3.07. The van der Waals surface area contributed by atoms with Gasteiger partial charge in [-0.15, -0.1) is 0 Å². The monoisotopic (exact) mass is 379 g/mol. The molecule has 0 radical (unpaired) electrons. The van der Waals surface area contributed by atoms with Crippen molar-refractivity contribution in [3.8, 4) is 22.3 Å². The van der Waals surface area contributed by atoms with E-state index in [2.05, 4.69) is 30.5 Å². The number of rotatable bonds is 4. The van der Waals surface area contributed by atoms with Crippen LogP contribution >= 0.6 is 11.6 Å². The maximum atomic E-state index is 11.7. The molecule has 0 atom stereocenters. The fourth-order valence-corrected chi connectivity index (χ4v) is 4.33. The molecule has 4 heteroatoms. The standard InChI is InChI=1S/C23H22ClNO2/c1-23(2)13-19-22(16-8-10-17(24)11-9-16)21(15-6-4-3-5-7-15)18(12-20(26)27)25(19)14-23/h3-11H,12-14H2,1-2H3,(H,26,27). The average molecular weight is 380 g/mol. The second-order valence-electron chi connectivity index (χ2n) is 8.01. The minimum absolute atomic E-state index is 0.0148. The van der Waals surface area contributed by atoms with Crippen molar-refractivity contribution in [2.45, 2.75) is 33.2 Å². The molecule has 3 nitrogen and oxygen atoms in total. The number of hydrogen-bond acceptors (Lipinski definition) is 1. The van der Waals surface area contributed by atoms with Gasteiger partial charge in [0.2, 0.25) is 0 Å². The van der Waals surface area contributed by atoms with Crippen LogP contribution in [0.15, 0.2) is 54.6 Å². The van der Waals surface area contributed by atoms with Crippen molar-refractivity contribution in [3.63, 3.8) is 0 Å². The first-order valence-electron chi connectivity index (χ1n) is 9.13. The molecule has 0 saturated carbocycles. The van der Waals surface area contributed by atoms with Crippen LogP contribution in [0, 0.1) is 5.41 Å². The van der Waals surface area contributed by atoms with E-state index in [0.717, 1.165) is 40.9 Å². The summed E-state index contributed by atoms with van der Waals surface area (Å²) in [6, 6.07) is 17.9. The fourth-order valence-electron chi connectivity index (χ4n) is 4.20. The van der Waals surface area contributed by atoms with E-state index in [1.165, 1.54) is 5.69 Å². The van der Waals surface area contributed by atoms with Gasteiger partial charge in [-0.1, -0.05) is 67.9 Å². The summed E-state index contributed by atoms with van der Waals surface area (Å²) in [5.41, 5.74) is 6.52. The minimum atomic E-state index is -0.806. The molecule has 1 aliphatic rings. The summed E-state index contributed by atoms with van der Waals surface area (Å²) in [6.45, 7) is 5.30. The molecular formula is C23H22ClNO2. The van der Waals surface area contributed by atoms with Crippen LogP contribution in [-0.2, 0) is 24.2 Å². The number of aliphatic carboxylic acids is 1. The summed E-state index contributed by atoms with van der Waals surface area (Å²) < 4.78 is 2.24. The Labute approximate surface area is 164 Å². The lowest BCUT2D eigenvalue weighted by Gasteiger charge is -2.18. The van der Waals surface area contributed by atoms with Crippen molar-refractivity contribution in [2.24, 2.45) is 5.41 Å². The highest BCUT2D eigenvalue weighted by Crippen LogP contribution is 2.47. The van der Waals surface area contributed by atoms with Crippen LogP contribution in [0.25, 0.3) is 22.3 Å². The van der Waals surface area contributed by atoms with Gasteiger partial charge in [0.05, 0.1) is 6.42 Å². The van der Waals surface area contributed by atoms with Crippen molar-refractivity contribution >= 4 is 17.6 Å². The van der Waals surface area contributed by atoms with Crippen LogP contribution in [0.3, 0.4) is 0 Å². The molecule has 0 fully saturated rings. The Bertz CT molecular complexity index is 1000. The maximum Gasteiger partial charge on any atom is 0.309 e. The first kappa shape index (κ1) is 17.9. The van der Waals surface area contributed by atoms with Gasteiger partial charge in [-0.05, 0) is 35.1 Å². The molecule has 1 aliphatic heterocycles. The Morgan fingerprint density at radius 3 is 2.30 bits per heavy atom. The Balaban J connectivity index is 2.03. The number of nitrogens with zero attached hydrogens (tertiary/aromatic N) is 1. The van der Waals surface area contributed by atoms with Gasteiger partial charge in [0.25, 0.3) is 0 Å². The Hall–Kier alpha value is -2.52. The van der Waals surface area contributed by atoms with E-state index in [9.17, 15) is 9.90 Å². The third-order valence-corrected chi connectivity index (χ3v) is 5.48. The molecule has 1 aromatic heterocycles. The molecule has 138 valence electrons. The molecule has 27 heavy (non-hydrogen) atoms. The fraction of sp³-hybridized carbons (Fsp3) is 0.261. The number of benzene rings is 2. The highest BCUT2D eigenvalue weighted by molar-refractivity contribution is 6.30. The molecule has 2 heterocycles. The van der Waals surface area contributed by atoms with Crippen molar-refractivity contribution in [3.05, 3.63) is 71.0 Å². The highest BCUT2D eigenvalue weighted by atomic mass is 35.5. The quantitative estimate of drug-likeness (QED) is 0.633. The smallest absolute Gasteiger partial charge is 0.309 e. The van der Waals surface area contributed by atoms with Crippen molar-refractivity contribution in [2.75, 3.05) is 0 Å². The summed E-state index contributed by atoms with van der Waals surface area (Å²) in [6.07, 6.45) is 0.936. The zero-order valence-electron chi connectivity index (χ0n) is 15.5. The number of carbonyl (C=O) groups is 1. The normalized spacial score (nSPS) is 14.9. The molecule has 2 aromatic carbocycles. The summed E-state index contributed by atoms with van der Waals surface area (Å²) in [4.78, 5) is 11.7. The van der Waals surface area contributed by atoms with Crippen LogP contribution in [0.5, 0.6) is 0 Å². The minimum Gasteiger partial charge on any atom is -0.481 e. The predicted octanol–water partition coefficient (Wildman–Crippen LogP) is 5.68. The van der Waals surface area contributed by atoms with Gasteiger partial charge in [-0.2, -0.15) is 0 Å². The largest absolute Gasteiger partial charge is 0.481 e. The van der Waals surface area contributed by atoms with Gasteiger partial charge >= 0.3 is 5.97 Å². The number of halogens is 1. The van der Waals surface area contributed by atoms with Crippen LogP contribution < -0.4 is 0 Å². The second kappa shape index (κ2) is 6.58. The number of hydrogen-bond donors (Lipinski definition) is 1. The van der Waals surface area contributed by atoms with E-state index in [4.69, 9.17) is 11.6 Å². The zero-order chi connectivity index (χ0) is 19.2. The van der Waals surface area contributed by atoms with Gasteiger partial charge in [0.15, 0.2) is 0 Å². The second-order valence-corrected chi connectivity index (χ2v) is 8.45. The summed E-state index contributed by atoms with van der Waals surface area (Å²) >= 11 is 6.11. The highest BCUT2D eigenvalue weighted by Gasteiger charge is 2.36. The topological polar surface area (TPSA) is 42.2 Å². The molecule has 3 aromatic rings. The van der Waals surface area contributed by atoms with Crippen LogP contribution in [-0.4, -0.2) is 15.6 Å². The Kier molecular flexibility index (Phi) is 4.35. The molecule has 0 bridgehead atoms. The molecule has 0 aliphatic carbocycles. The van der Waals surface area contributed by atoms with E-state index in [0.29, 0.717) is 5.02 Å².